The highest BCUT2D eigenvalue weighted by Crippen LogP contribution is 2.36. The van der Waals surface area contributed by atoms with Crippen molar-refractivity contribution >= 4 is 11.6 Å². The van der Waals surface area contributed by atoms with Gasteiger partial charge in [-0.15, -0.1) is 0 Å². The Morgan fingerprint density at radius 3 is 1.26 bits per heavy atom. The largest absolute Gasteiger partial charge is 0.419 e. The summed E-state index contributed by atoms with van der Waals surface area (Å²) in [7, 11) is 0. The number of allylic oxidation sites excluding steroid dienone is 2. The van der Waals surface area contributed by atoms with Crippen molar-refractivity contribution in [3.05, 3.63) is 24.3 Å². The fraction of sp³-hybridized carbons (Fsp3) is 0.600. The second-order valence-electron chi connectivity index (χ2n) is 5.58. The van der Waals surface area contributed by atoms with Crippen LogP contribution < -0.4 is 0 Å². The van der Waals surface area contributed by atoms with E-state index in [1.54, 1.807) is 0 Å². The Balaban J connectivity index is 2.74. The summed E-state index contributed by atoms with van der Waals surface area (Å²) in [6, 6.07) is 0. The highest BCUT2D eigenvalue weighted by Gasteiger charge is 2.42. The topological polar surface area (TPSA) is 34.1 Å². The third-order valence-corrected chi connectivity index (χ3v) is 3.99. The van der Waals surface area contributed by atoms with Crippen molar-refractivity contribution in [3.8, 4) is 0 Å². The number of halogens is 6. The Hall–Kier alpha value is -1.60. The Bertz CT molecular complexity index is 469. The van der Waals surface area contributed by atoms with Gasteiger partial charge in [-0.2, -0.15) is 26.3 Å². The van der Waals surface area contributed by atoms with Gasteiger partial charge in [0.1, 0.15) is 0 Å². The normalized spacial score (nSPS) is 23.0. The lowest BCUT2D eigenvalue weighted by atomic mass is 9.88. The van der Waals surface area contributed by atoms with Gasteiger partial charge in [0, 0.05) is 11.8 Å². The van der Waals surface area contributed by atoms with E-state index in [0.717, 1.165) is 0 Å². The quantitative estimate of drug-likeness (QED) is 0.426. The van der Waals surface area contributed by atoms with Gasteiger partial charge in [-0.1, -0.05) is 19.6 Å². The molecule has 1 aliphatic carbocycles. The number of alkyl halides is 6. The smallest absolute Gasteiger partial charge is 0.294 e. The van der Waals surface area contributed by atoms with E-state index in [2.05, 4.69) is 13.2 Å². The molecule has 0 aromatic carbocycles. The van der Waals surface area contributed by atoms with Crippen LogP contribution in [0.5, 0.6) is 0 Å². The minimum absolute atomic E-state index is 0.0739. The molecule has 23 heavy (non-hydrogen) atoms. The SMILES string of the molecule is C=C(C(=O)C1CCCC(C(=O)C(=C)C(F)(F)F)CC1)C(F)(F)F. The van der Waals surface area contributed by atoms with Crippen LogP contribution in [0, 0.1) is 11.8 Å². The van der Waals surface area contributed by atoms with Gasteiger partial charge in [0.25, 0.3) is 0 Å². The molecule has 0 amide bonds. The van der Waals surface area contributed by atoms with Crippen molar-refractivity contribution in [2.24, 2.45) is 11.8 Å². The predicted molar refractivity (Wildman–Crippen MR) is 70.5 cm³/mol. The minimum atomic E-state index is -4.83. The van der Waals surface area contributed by atoms with Crippen LogP contribution in [-0.2, 0) is 9.59 Å². The minimum Gasteiger partial charge on any atom is -0.294 e. The maximum atomic E-state index is 12.5. The van der Waals surface area contributed by atoms with E-state index in [1.165, 1.54) is 0 Å². The molecule has 0 aromatic heterocycles. The van der Waals surface area contributed by atoms with Gasteiger partial charge < -0.3 is 0 Å². The number of ketones is 2. The Morgan fingerprint density at radius 2 is 1.00 bits per heavy atom. The molecule has 0 aromatic rings. The number of Topliss-reactive ketones (excluding diaryl/α,β-unsaturated/α-hetero) is 2. The molecule has 8 heteroatoms. The molecule has 0 spiro atoms. The van der Waals surface area contributed by atoms with Gasteiger partial charge in [0.05, 0.1) is 11.1 Å². The summed E-state index contributed by atoms with van der Waals surface area (Å²) in [5, 5.41) is 0. The summed E-state index contributed by atoms with van der Waals surface area (Å²) in [4.78, 5) is 23.5. The van der Waals surface area contributed by atoms with Gasteiger partial charge in [0.15, 0.2) is 11.6 Å². The zero-order valence-corrected chi connectivity index (χ0v) is 12.2. The second kappa shape index (κ2) is 6.88. The number of hydrogen-bond acceptors (Lipinski definition) is 2. The Morgan fingerprint density at radius 1 is 0.696 bits per heavy atom. The molecule has 2 atom stereocenters. The fourth-order valence-electron chi connectivity index (χ4n) is 2.60. The zero-order valence-electron chi connectivity index (χ0n) is 12.2. The lowest BCUT2D eigenvalue weighted by molar-refractivity contribution is -0.134. The van der Waals surface area contributed by atoms with Crippen LogP contribution in [0.15, 0.2) is 24.3 Å². The van der Waals surface area contributed by atoms with E-state index in [4.69, 9.17) is 0 Å². The molecular formula is C15H16F6O2. The van der Waals surface area contributed by atoms with E-state index in [-0.39, 0.29) is 32.1 Å². The Labute approximate surface area is 129 Å². The summed E-state index contributed by atoms with van der Waals surface area (Å²) in [5.74, 6) is -4.25. The molecule has 130 valence electrons. The molecule has 2 nitrogen and oxygen atoms in total. The van der Waals surface area contributed by atoms with E-state index >= 15 is 0 Å². The van der Waals surface area contributed by atoms with E-state index in [1.807, 2.05) is 0 Å². The first kappa shape index (κ1) is 19.4. The standard InChI is InChI=1S/C15H16F6O2/c1-8(14(16,17)18)12(22)10-4-3-5-11(7-6-10)13(23)9(2)15(19,20)21/h10-11H,1-7H2. The number of carbonyl (C=O) groups is 2. The van der Waals surface area contributed by atoms with Crippen LogP contribution in [0.25, 0.3) is 0 Å². The van der Waals surface area contributed by atoms with Crippen LogP contribution in [0.1, 0.15) is 32.1 Å². The van der Waals surface area contributed by atoms with E-state index in [0.29, 0.717) is 0 Å². The van der Waals surface area contributed by atoms with Crippen molar-refractivity contribution < 1.29 is 35.9 Å². The van der Waals surface area contributed by atoms with Gasteiger partial charge in [-0.25, -0.2) is 0 Å². The monoisotopic (exact) mass is 342 g/mol. The fourth-order valence-corrected chi connectivity index (χ4v) is 2.60. The predicted octanol–water partition coefficient (Wildman–Crippen LogP) is 4.56. The highest BCUT2D eigenvalue weighted by molar-refractivity contribution is 5.99. The van der Waals surface area contributed by atoms with Gasteiger partial charge in [-0.05, 0) is 25.7 Å². The molecule has 0 heterocycles. The molecule has 0 N–H and O–H groups in total. The molecule has 0 aliphatic heterocycles. The van der Waals surface area contributed by atoms with Crippen LogP contribution >= 0.6 is 0 Å². The van der Waals surface area contributed by atoms with Gasteiger partial charge in [-0.3, -0.25) is 9.59 Å². The van der Waals surface area contributed by atoms with E-state index in [9.17, 15) is 35.9 Å². The average molecular weight is 342 g/mol. The molecule has 1 rings (SSSR count). The lowest BCUT2D eigenvalue weighted by Gasteiger charge is -2.17. The van der Waals surface area contributed by atoms with Crippen molar-refractivity contribution in [1.29, 1.82) is 0 Å². The average Bonchev–Trinajstić information content (AvgIpc) is 2.67. The molecule has 0 bridgehead atoms. The number of hydrogen-bond donors (Lipinski definition) is 0. The summed E-state index contributed by atoms with van der Waals surface area (Å²) < 4.78 is 74.9. The second-order valence-corrected chi connectivity index (χ2v) is 5.58. The maximum absolute atomic E-state index is 12.5. The summed E-state index contributed by atoms with van der Waals surface area (Å²) in [6.07, 6.45) is -9.42. The summed E-state index contributed by atoms with van der Waals surface area (Å²) >= 11 is 0. The third-order valence-electron chi connectivity index (χ3n) is 3.99. The first-order valence-electron chi connectivity index (χ1n) is 6.96. The van der Waals surface area contributed by atoms with Crippen LogP contribution in [0.4, 0.5) is 26.3 Å². The molecular weight excluding hydrogens is 326 g/mol. The van der Waals surface area contributed by atoms with Crippen molar-refractivity contribution in [2.45, 2.75) is 44.5 Å². The molecule has 1 saturated carbocycles. The number of carbonyl (C=O) groups excluding carboxylic acids is 2. The third kappa shape index (κ3) is 4.94. The van der Waals surface area contributed by atoms with E-state index < -0.39 is 46.9 Å². The highest BCUT2D eigenvalue weighted by atomic mass is 19.4. The Kier molecular flexibility index (Phi) is 5.82. The molecule has 0 saturated heterocycles. The molecule has 2 unspecified atom stereocenters. The van der Waals surface area contributed by atoms with Gasteiger partial charge in [0.2, 0.25) is 0 Å². The van der Waals surface area contributed by atoms with Crippen molar-refractivity contribution in [3.63, 3.8) is 0 Å². The molecule has 0 radical (unpaired) electrons. The van der Waals surface area contributed by atoms with Crippen LogP contribution in [0.3, 0.4) is 0 Å². The number of rotatable bonds is 4. The molecule has 1 aliphatic rings. The van der Waals surface area contributed by atoms with Gasteiger partial charge >= 0.3 is 12.4 Å². The first-order chi connectivity index (χ1) is 10.4. The van der Waals surface area contributed by atoms with Crippen molar-refractivity contribution in [1.82, 2.24) is 0 Å². The maximum Gasteiger partial charge on any atom is 0.419 e. The lowest BCUT2D eigenvalue weighted by Crippen LogP contribution is -2.26. The molecule has 1 fully saturated rings. The summed E-state index contributed by atoms with van der Waals surface area (Å²) in [6.45, 7) is 5.48. The van der Waals surface area contributed by atoms with Crippen LogP contribution in [0.2, 0.25) is 0 Å². The van der Waals surface area contributed by atoms with Crippen LogP contribution in [-0.4, -0.2) is 23.9 Å². The van der Waals surface area contributed by atoms with Crippen molar-refractivity contribution in [2.75, 3.05) is 0 Å². The zero-order chi connectivity index (χ0) is 18.0. The summed E-state index contributed by atoms with van der Waals surface area (Å²) in [5.41, 5.74) is -2.93. The first-order valence-corrected chi connectivity index (χ1v) is 6.96.